The van der Waals surface area contributed by atoms with Gasteiger partial charge < -0.3 is 14.2 Å². The van der Waals surface area contributed by atoms with Crippen LogP contribution in [-0.2, 0) is 39.8 Å². The Morgan fingerprint density at radius 2 is 1.69 bits per heavy atom. The van der Waals surface area contributed by atoms with Crippen molar-refractivity contribution in [3.05, 3.63) is 48.0 Å². The minimum Gasteiger partial charge on any atom is -0.466 e. The van der Waals surface area contributed by atoms with E-state index >= 15 is 0 Å². The van der Waals surface area contributed by atoms with Crippen molar-refractivity contribution >= 4 is 39.8 Å². The largest absolute Gasteiger partial charge is 0.466 e. The number of esters is 4. The van der Waals surface area contributed by atoms with Crippen LogP contribution < -0.4 is 0 Å². The Bertz CT molecular complexity index is 655. The molecule has 1 aromatic rings. The Labute approximate surface area is 159 Å². The molecule has 0 saturated heterocycles. The number of carbonyl (C=O) groups excluding carboxylic acids is 4. The molecule has 0 aliphatic carbocycles. The first-order valence-electron chi connectivity index (χ1n) is 7.75. The van der Waals surface area contributed by atoms with Crippen LogP contribution in [0.15, 0.2) is 42.5 Å². The van der Waals surface area contributed by atoms with Crippen molar-refractivity contribution in [1.29, 1.82) is 0 Å². The maximum atomic E-state index is 11.7. The van der Waals surface area contributed by atoms with Gasteiger partial charge in [0.2, 0.25) is 0 Å². The van der Waals surface area contributed by atoms with Gasteiger partial charge in [-0.25, -0.2) is 9.59 Å². The molecule has 0 saturated carbocycles. The molecular formula is C18H19BrO7. The van der Waals surface area contributed by atoms with E-state index in [1.165, 1.54) is 7.11 Å². The molecule has 1 rings (SSSR count). The zero-order valence-corrected chi connectivity index (χ0v) is 15.8. The fourth-order valence-electron chi connectivity index (χ4n) is 1.76. The van der Waals surface area contributed by atoms with Crippen LogP contribution in [0, 0.1) is 0 Å². The Balaban J connectivity index is 2.23. The number of methoxy groups -OCH3 is 1. The second kappa shape index (κ2) is 12.0. The van der Waals surface area contributed by atoms with Crippen molar-refractivity contribution < 1.29 is 33.4 Å². The van der Waals surface area contributed by atoms with Gasteiger partial charge in [-0.05, 0) is 12.0 Å². The minimum absolute atomic E-state index is 0.00438. The molecule has 0 bridgehead atoms. The van der Waals surface area contributed by atoms with E-state index in [1.54, 1.807) is 24.3 Å². The zero-order chi connectivity index (χ0) is 19.4. The first kappa shape index (κ1) is 21.6. The first-order valence-corrected chi connectivity index (χ1v) is 8.66. The van der Waals surface area contributed by atoms with Crippen LogP contribution in [0.5, 0.6) is 0 Å². The van der Waals surface area contributed by atoms with E-state index in [0.717, 1.165) is 17.7 Å². The van der Waals surface area contributed by atoms with Gasteiger partial charge in [-0.15, -0.1) is 0 Å². The highest BCUT2D eigenvalue weighted by atomic mass is 79.9. The average Bonchev–Trinajstić information content (AvgIpc) is 2.63. The van der Waals surface area contributed by atoms with E-state index in [0.29, 0.717) is 6.42 Å². The van der Waals surface area contributed by atoms with Crippen LogP contribution >= 0.6 is 15.9 Å². The summed E-state index contributed by atoms with van der Waals surface area (Å²) in [6.07, 6.45) is 2.22. The van der Waals surface area contributed by atoms with Gasteiger partial charge in [-0.3, -0.25) is 9.59 Å². The smallest absolute Gasteiger partial charge is 0.331 e. The molecule has 0 heterocycles. The lowest BCUT2D eigenvalue weighted by atomic mass is 10.1. The van der Waals surface area contributed by atoms with Crippen LogP contribution in [0.3, 0.4) is 0 Å². The summed E-state index contributed by atoms with van der Waals surface area (Å²) in [7, 11) is 1.19. The highest BCUT2D eigenvalue weighted by molar-refractivity contribution is 9.09. The summed E-state index contributed by atoms with van der Waals surface area (Å²) in [4.78, 5) is 45.2. The Morgan fingerprint density at radius 1 is 1.04 bits per heavy atom. The third-order valence-corrected chi connectivity index (χ3v) is 3.77. The summed E-state index contributed by atoms with van der Waals surface area (Å²) in [6, 6.07) is 8.95. The van der Waals surface area contributed by atoms with Crippen LogP contribution in [0.4, 0.5) is 0 Å². The molecule has 0 amide bonds. The van der Waals surface area contributed by atoms with Crippen molar-refractivity contribution in [2.75, 3.05) is 13.7 Å². The average molecular weight is 427 g/mol. The van der Waals surface area contributed by atoms with Gasteiger partial charge in [0.05, 0.1) is 13.5 Å². The summed E-state index contributed by atoms with van der Waals surface area (Å²) >= 11 is 3.26. The fourth-order valence-corrected chi connectivity index (χ4v) is 2.12. The van der Waals surface area contributed by atoms with Gasteiger partial charge in [0.1, 0.15) is 6.61 Å². The van der Waals surface area contributed by atoms with Crippen LogP contribution in [0.1, 0.15) is 18.4 Å². The van der Waals surface area contributed by atoms with E-state index in [-0.39, 0.29) is 24.3 Å². The van der Waals surface area contributed by atoms with Gasteiger partial charge in [0.25, 0.3) is 0 Å². The molecule has 0 spiro atoms. The molecule has 0 radical (unpaired) electrons. The standard InChI is InChI=1S/C18H19BrO7/c1-24-15(20)9-10-16(21)25-12-14(19)7-8-17(22)26-18(23)11-13-5-3-2-4-6-13/h2-6,9-10,14H,7-8,11-12H2,1H3/b10-9+. The lowest BCUT2D eigenvalue weighted by Gasteiger charge is -2.09. The summed E-state index contributed by atoms with van der Waals surface area (Å²) in [6.45, 7) is -0.00438. The molecule has 7 nitrogen and oxygen atoms in total. The SMILES string of the molecule is COC(=O)/C=C/C(=O)OCC(Br)CCC(=O)OC(=O)Cc1ccccc1. The Morgan fingerprint density at radius 3 is 2.35 bits per heavy atom. The lowest BCUT2D eigenvalue weighted by molar-refractivity contribution is -0.159. The molecule has 26 heavy (non-hydrogen) atoms. The third-order valence-electron chi connectivity index (χ3n) is 3.04. The van der Waals surface area contributed by atoms with Crippen molar-refractivity contribution in [2.24, 2.45) is 0 Å². The van der Waals surface area contributed by atoms with Crippen LogP contribution in [0.25, 0.3) is 0 Å². The molecule has 1 aromatic carbocycles. The van der Waals surface area contributed by atoms with Crippen LogP contribution in [-0.4, -0.2) is 42.4 Å². The first-order chi connectivity index (χ1) is 12.4. The maximum Gasteiger partial charge on any atom is 0.331 e. The normalized spacial score (nSPS) is 11.6. The molecule has 0 aliphatic rings. The summed E-state index contributed by atoms with van der Waals surface area (Å²) in [5.74, 6) is -2.64. The summed E-state index contributed by atoms with van der Waals surface area (Å²) in [5.41, 5.74) is 0.760. The predicted molar refractivity (Wildman–Crippen MR) is 95.3 cm³/mol. The molecule has 1 atom stereocenters. The molecule has 140 valence electrons. The fraction of sp³-hybridized carbons (Fsp3) is 0.333. The molecule has 8 heteroatoms. The van der Waals surface area contributed by atoms with Crippen molar-refractivity contribution in [1.82, 2.24) is 0 Å². The number of alkyl halides is 1. The quantitative estimate of drug-likeness (QED) is 0.196. The monoisotopic (exact) mass is 426 g/mol. The number of halogens is 1. The summed E-state index contributed by atoms with van der Waals surface area (Å²) < 4.78 is 14.0. The number of hydrogen-bond donors (Lipinski definition) is 0. The summed E-state index contributed by atoms with van der Waals surface area (Å²) in [5, 5.41) is 0. The lowest BCUT2D eigenvalue weighted by Crippen LogP contribution is -2.17. The van der Waals surface area contributed by atoms with Gasteiger partial charge in [0, 0.05) is 23.4 Å². The number of carbonyl (C=O) groups is 4. The highest BCUT2D eigenvalue weighted by Gasteiger charge is 2.14. The van der Waals surface area contributed by atoms with Gasteiger partial charge in [-0.2, -0.15) is 0 Å². The van der Waals surface area contributed by atoms with E-state index in [9.17, 15) is 19.2 Å². The number of rotatable bonds is 9. The van der Waals surface area contributed by atoms with E-state index in [2.05, 4.69) is 20.7 Å². The Kier molecular flexibility index (Phi) is 9.93. The molecule has 0 aromatic heterocycles. The van der Waals surface area contributed by atoms with Gasteiger partial charge in [0.15, 0.2) is 0 Å². The van der Waals surface area contributed by atoms with Crippen molar-refractivity contribution in [3.63, 3.8) is 0 Å². The molecule has 0 aliphatic heterocycles. The Hall–Kier alpha value is -2.48. The molecule has 0 N–H and O–H groups in total. The van der Waals surface area contributed by atoms with Gasteiger partial charge in [-0.1, -0.05) is 46.3 Å². The zero-order valence-electron chi connectivity index (χ0n) is 14.2. The predicted octanol–water partition coefficient (Wildman–Crippen LogP) is 2.12. The molecule has 1 unspecified atom stereocenters. The van der Waals surface area contributed by atoms with E-state index in [4.69, 9.17) is 9.47 Å². The minimum atomic E-state index is -0.708. The number of hydrogen-bond acceptors (Lipinski definition) is 7. The topological polar surface area (TPSA) is 96.0 Å². The second-order valence-corrected chi connectivity index (χ2v) is 6.43. The van der Waals surface area contributed by atoms with Crippen LogP contribution in [0.2, 0.25) is 0 Å². The highest BCUT2D eigenvalue weighted by Crippen LogP contribution is 2.10. The van der Waals surface area contributed by atoms with E-state index < -0.39 is 23.9 Å². The molecule has 0 fully saturated rings. The number of benzene rings is 1. The second-order valence-electron chi connectivity index (χ2n) is 5.13. The molecular weight excluding hydrogens is 408 g/mol. The van der Waals surface area contributed by atoms with Crippen molar-refractivity contribution in [3.8, 4) is 0 Å². The van der Waals surface area contributed by atoms with Gasteiger partial charge >= 0.3 is 23.9 Å². The number of ether oxygens (including phenoxy) is 3. The third kappa shape index (κ3) is 9.73. The van der Waals surface area contributed by atoms with Crippen molar-refractivity contribution in [2.45, 2.75) is 24.1 Å². The van der Waals surface area contributed by atoms with E-state index in [1.807, 2.05) is 6.07 Å². The maximum absolute atomic E-state index is 11.7.